The van der Waals surface area contributed by atoms with Crippen LogP contribution < -0.4 is 9.47 Å². The van der Waals surface area contributed by atoms with Crippen molar-refractivity contribution in [2.24, 2.45) is 0 Å². The lowest BCUT2D eigenvalue weighted by molar-refractivity contribution is 0.0704. The number of amides is 1. The van der Waals surface area contributed by atoms with Crippen molar-refractivity contribution in [3.8, 4) is 11.5 Å². The predicted octanol–water partition coefficient (Wildman–Crippen LogP) is 2.34. The van der Waals surface area contributed by atoms with Gasteiger partial charge >= 0.3 is 0 Å². The third-order valence-electron chi connectivity index (χ3n) is 3.51. The number of ether oxygens (including phenoxy) is 2. The molecular formula is C18H21NO4. The van der Waals surface area contributed by atoms with Gasteiger partial charge in [0.25, 0.3) is 5.91 Å². The molecule has 0 heterocycles. The fraction of sp³-hybridized carbons (Fsp3) is 0.278. The van der Waals surface area contributed by atoms with Crippen molar-refractivity contribution in [1.29, 1.82) is 0 Å². The van der Waals surface area contributed by atoms with Gasteiger partial charge in [-0.3, -0.25) is 4.79 Å². The van der Waals surface area contributed by atoms with Crippen molar-refractivity contribution in [1.82, 2.24) is 4.90 Å². The first-order chi connectivity index (χ1) is 11.2. The molecule has 0 aliphatic rings. The number of aliphatic hydroxyl groups excluding tert-OH is 1. The van der Waals surface area contributed by atoms with Crippen LogP contribution in [0, 0.1) is 0 Å². The Morgan fingerprint density at radius 2 is 1.83 bits per heavy atom. The minimum atomic E-state index is -0.210. The Balaban J connectivity index is 2.30. The Morgan fingerprint density at radius 1 is 1.09 bits per heavy atom. The van der Waals surface area contributed by atoms with Gasteiger partial charge in [0, 0.05) is 13.1 Å². The number of nitrogens with zero attached hydrogens (tertiary/aromatic N) is 1. The smallest absolute Gasteiger partial charge is 0.258 e. The first-order valence-electron chi connectivity index (χ1n) is 7.35. The zero-order chi connectivity index (χ0) is 16.7. The van der Waals surface area contributed by atoms with Crippen LogP contribution in [0.15, 0.2) is 48.5 Å². The lowest BCUT2D eigenvalue weighted by Crippen LogP contribution is -2.33. The van der Waals surface area contributed by atoms with Crippen LogP contribution in [-0.2, 0) is 6.54 Å². The molecule has 23 heavy (non-hydrogen) atoms. The molecule has 0 fully saturated rings. The summed E-state index contributed by atoms with van der Waals surface area (Å²) in [7, 11) is 3.07. The molecular weight excluding hydrogens is 294 g/mol. The fourth-order valence-corrected chi connectivity index (χ4v) is 2.33. The number of rotatable bonds is 7. The first kappa shape index (κ1) is 16.8. The average Bonchev–Trinajstić information content (AvgIpc) is 2.61. The number of benzene rings is 2. The van der Waals surface area contributed by atoms with E-state index >= 15 is 0 Å². The molecule has 0 aliphatic carbocycles. The zero-order valence-electron chi connectivity index (χ0n) is 13.4. The van der Waals surface area contributed by atoms with Gasteiger partial charge in [0.1, 0.15) is 11.5 Å². The zero-order valence-corrected chi connectivity index (χ0v) is 13.4. The summed E-state index contributed by atoms with van der Waals surface area (Å²) < 4.78 is 10.5. The molecule has 2 aromatic carbocycles. The number of carbonyl (C=O) groups is 1. The second kappa shape index (κ2) is 8.19. The van der Waals surface area contributed by atoms with Crippen molar-refractivity contribution in [2.45, 2.75) is 6.54 Å². The van der Waals surface area contributed by atoms with Crippen molar-refractivity contribution >= 4 is 5.91 Å². The van der Waals surface area contributed by atoms with Crippen LogP contribution >= 0.6 is 0 Å². The number of methoxy groups -OCH3 is 2. The lowest BCUT2D eigenvalue weighted by atomic mass is 10.1. The molecule has 0 aromatic heterocycles. The maximum Gasteiger partial charge on any atom is 0.258 e. The van der Waals surface area contributed by atoms with Crippen LogP contribution in [-0.4, -0.2) is 43.3 Å². The second-order valence-electron chi connectivity index (χ2n) is 5.00. The topological polar surface area (TPSA) is 59.0 Å². The van der Waals surface area contributed by atoms with Crippen LogP contribution in [0.1, 0.15) is 15.9 Å². The van der Waals surface area contributed by atoms with E-state index in [1.165, 1.54) is 7.11 Å². The Kier molecular flexibility index (Phi) is 6.00. The number of hydrogen-bond acceptors (Lipinski definition) is 4. The van der Waals surface area contributed by atoms with Crippen molar-refractivity contribution in [3.63, 3.8) is 0 Å². The number of aliphatic hydroxyl groups is 1. The second-order valence-corrected chi connectivity index (χ2v) is 5.00. The minimum absolute atomic E-state index is 0.106. The van der Waals surface area contributed by atoms with Crippen molar-refractivity contribution < 1.29 is 19.4 Å². The summed E-state index contributed by atoms with van der Waals surface area (Å²) in [6.07, 6.45) is 0. The Bertz CT molecular complexity index is 643. The molecule has 5 heteroatoms. The van der Waals surface area contributed by atoms with Crippen LogP contribution in [0.3, 0.4) is 0 Å². The Labute approximate surface area is 136 Å². The van der Waals surface area contributed by atoms with Gasteiger partial charge in [0.2, 0.25) is 0 Å². The van der Waals surface area contributed by atoms with E-state index in [0.717, 1.165) is 5.56 Å². The quantitative estimate of drug-likeness (QED) is 0.852. The molecule has 2 rings (SSSR count). The Morgan fingerprint density at radius 3 is 2.43 bits per heavy atom. The molecule has 2 aromatic rings. The summed E-state index contributed by atoms with van der Waals surface area (Å²) in [6, 6.07) is 14.7. The van der Waals surface area contributed by atoms with E-state index in [1.54, 1.807) is 30.2 Å². The van der Waals surface area contributed by atoms with Gasteiger partial charge in [0.05, 0.1) is 26.4 Å². The molecule has 122 valence electrons. The first-order valence-corrected chi connectivity index (χ1v) is 7.35. The molecule has 0 radical (unpaired) electrons. The Hall–Kier alpha value is -2.53. The summed E-state index contributed by atoms with van der Waals surface area (Å²) in [6.45, 7) is 0.555. The van der Waals surface area contributed by atoms with E-state index in [0.29, 0.717) is 23.6 Å². The maximum absolute atomic E-state index is 12.9. The summed E-state index contributed by atoms with van der Waals surface area (Å²) in [5.41, 5.74) is 1.41. The monoisotopic (exact) mass is 315 g/mol. The molecule has 0 spiro atoms. The van der Waals surface area contributed by atoms with Gasteiger partial charge in [-0.25, -0.2) is 0 Å². The van der Waals surface area contributed by atoms with Crippen LogP contribution in [0.4, 0.5) is 0 Å². The normalized spacial score (nSPS) is 10.2. The predicted molar refractivity (Wildman–Crippen MR) is 87.8 cm³/mol. The third-order valence-corrected chi connectivity index (χ3v) is 3.51. The van der Waals surface area contributed by atoms with Crippen molar-refractivity contribution in [2.75, 3.05) is 27.4 Å². The van der Waals surface area contributed by atoms with Crippen LogP contribution in [0.25, 0.3) is 0 Å². The summed E-state index contributed by atoms with van der Waals surface area (Å²) in [5.74, 6) is 0.850. The standard InChI is InChI=1S/C18H21NO4/c1-22-15-8-9-17(23-2)16(12-15)18(21)19(10-11-20)13-14-6-4-3-5-7-14/h3-9,12,20H,10-11,13H2,1-2H3. The van der Waals surface area contributed by atoms with Gasteiger partial charge in [-0.2, -0.15) is 0 Å². The van der Waals surface area contributed by atoms with Gasteiger partial charge in [-0.1, -0.05) is 30.3 Å². The molecule has 0 aliphatic heterocycles. The highest BCUT2D eigenvalue weighted by molar-refractivity contribution is 5.97. The van der Waals surface area contributed by atoms with E-state index in [1.807, 2.05) is 30.3 Å². The molecule has 1 amide bonds. The van der Waals surface area contributed by atoms with Gasteiger partial charge in [-0.05, 0) is 23.8 Å². The molecule has 0 saturated carbocycles. The highest BCUT2D eigenvalue weighted by Crippen LogP contribution is 2.25. The van der Waals surface area contributed by atoms with Crippen molar-refractivity contribution in [3.05, 3.63) is 59.7 Å². The van der Waals surface area contributed by atoms with E-state index in [-0.39, 0.29) is 19.1 Å². The van der Waals surface area contributed by atoms with E-state index < -0.39 is 0 Å². The largest absolute Gasteiger partial charge is 0.497 e. The molecule has 5 nitrogen and oxygen atoms in total. The lowest BCUT2D eigenvalue weighted by Gasteiger charge is -2.23. The molecule has 0 bridgehead atoms. The van der Waals surface area contributed by atoms with Gasteiger partial charge in [0.15, 0.2) is 0 Å². The van der Waals surface area contributed by atoms with E-state index in [9.17, 15) is 9.90 Å². The summed E-state index contributed by atoms with van der Waals surface area (Å²) in [4.78, 5) is 14.5. The molecule has 0 atom stereocenters. The number of carbonyl (C=O) groups excluding carboxylic acids is 1. The SMILES string of the molecule is COc1ccc(OC)c(C(=O)N(CCO)Cc2ccccc2)c1. The maximum atomic E-state index is 12.9. The average molecular weight is 315 g/mol. The molecule has 0 saturated heterocycles. The fourth-order valence-electron chi connectivity index (χ4n) is 2.33. The van der Waals surface area contributed by atoms with E-state index in [2.05, 4.69) is 0 Å². The summed E-state index contributed by atoms with van der Waals surface area (Å²) in [5, 5.41) is 9.29. The molecule has 1 N–H and O–H groups in total. The van der Waals surface area contributed by atoms with Gasteiger partial charge < -0.3 is 19.5 Å². The number of hydrogen-bond donors (Lipinski definition) is 1. The third kappa shape index (κ3) is 4.23. The van der Waals surface area contributed by atoms with E-state index in [4.69, 9.17) is 9.47 Å². The highest BCUT2D eigenvalue weighted by atomic mass is 16.5. The highest BCUT2D eigenvalue weighted by Gasteiger charge is 2.20. The minimum Gasteiger partial charge on any atom is -0.497 e. The summed E-state index contributed by atoms with van der Waals surface area (Å²) >= 11 is 0. The van der Waals surface area contributed by atoms with Gasteiger partial charge in [-0.15, -0.1) is 0 Å². The van der Waals surface area contributed by atoms with Crippen LogP contribution in [0.2, 0.25) is 0 Å². The van der Waals surface area contributed by atoms with Crippen LogP contribution in [0.5, 0.6) is 11.5 Å². The molecule has 0 unspecified atom stereocenters.